The third kappa shape index (κ3) is 8.10. The van der Waals surface area contributed by atoms with Crippen LogP contribution in [-0.2, 0) is 14.2 Å². The highest BCUT2D eigenvalue weighted by Gasteiger charge is 2.34. The smallest absolute Gasteiger partial charge is 0.193 e. The van der Waals surface area contributed by atoms with E-state index in [1.807, 2.05) is 7.11 Å². The maximum atomic E-state index is 6.19. The summed E-state index contributed by atoms with van der Waals surface area (Å²) in [6.07, 6.45) is 12.8. The van der Waals surface area contributed by atoms with Crippen LogP contribution in [0.3, 0.4) is 0 Å². The second-order valence-corrected chi connectivity index (χ2v) is 9.13. The first-order chi connectivity index (χ1) is 14.2. The van der Waals surface area contributed by atoms with E-state index in [0.29, 0.717) is 17.6 Å². The number of ether oxygens (including phenoxy) is 3. The number of halogens is 1. The highest BCUT2D eigenvalue weighted by Crippen LogP contribution is 2.41. The lowest BCUT2D eigenvalue weighted by Crippen LogP contribution is -2.47. The van der Waals surface area contributed by atoms with E-state index in [1.54, 1.807) is 0 Å². The van der Waals surface area contributed by atoms with Gasteiger partial charge < -0.3 is 24.4 Å². The molecular weight excluding hydrogens is 493 g/mol. The molecule has 1 saturated carbocycles. The van der Waals surface area contributed by atoms with Crippen molar-refractivity contribution in [3.63, 3.8) is 0 Å². The van der Waals surface area contributed by atoms with Gasteiger partial charge in [-0.05, 0) is 63.7 Å². The monoisotopic (exact) mass is 537 g/mol. The molecule has 30 heavy (non-hydrogen) atoms. The summed E-state index contributed by atoms with van der Waals surface area (Å²) in [5.74, 6) is 1.09. The number of nitrogens with zero attached hydrogens (tertiary/aromatic N) is 2. The van der Waals surface area contributed by atoms with E-state index in [0.717, 1.165) is 77.6 Å². The van der Waals surface area contributed by atoms with E-state index < -0.39 is 0 Å². The minimum atomic E-state index is 0. The SMILES string of the molecule is CCNC(=NCC1(CCOC)CCCC1)N1CCC(OCC2CCCCO2)CC1.I. The Morgan fingerprint density at radius 1 is 1.13 bits per heavy atom. The molecule has 0 aromatic carbocycles. The molecule has 2 aliphatic heterocycles. The Hall–Kier alpha value is -0.120. The zero-order valence-corrected chi connectivity index (χ0v) is 21.5. The molecule has 0 spiro atoms. The van der Waals surface area contributed by atoms with Gasteiger partial charge in [0.1, 0.15) is 0 Å². The molecule has 0 radical (unpaired) electrons. The highest BCUT2D eigenvalue weighted by atomic mass is 127. The molecule has 0 aromatic heterocycles. The molecule has 6 nitrogen and oxygen atoms in total. The normalized spacial score (nSPS) is 25.2. The zero-order chi connectivity index (χ0) is 20.4. The molecular formula is C23H44IN3O3. The van der Waals surface area contributed by atoms with Crippen molar-refractivity contribution in [1.82, 2.24) is 10.2 Å². The summed E-state index contributed by atoms with van der Waals surface area (Å²) in [7, 11) is 1.81. The molecule has 1 atom stereocenters. The van der Waals surface area contributed by atoms with Crippen LogP contribution >= 0.6 is 24.0 Å². The fraction of sp³-hybridized carbons (Fsp3) is 0.957. The van der Waals surface area contributed by atoms with Crippen LogP contribution in [-0.4, -0.2) is 76.2 Å². The number of piperidine rings is 1. The van der Waals surface area contributed by atoms with Gasteiger partial charge in [-0.25, -0.2) is 0 Å². The molecule has 2 saturated heterocycles. The van der Waals surface area contributed by atoms with Gasteiger partial charge in [0.2, 0.25) is 0 Å². The van der Waals surface area contributed by atoms with E-state index in [4.69, 9.17) is 19.2 Å². The van der Waals surface area contributed by atoms with Crippen molar-refractivity contribution in [1.29, 1.82) is 0 Å². The van der Waals surface area contributed by atoms with Gasteiger partial charge in [-0.2, -0.15) is 0 Å². The summed E-state index contributed by atoms with van der Waals surface area (Å²) >= 11 is 0. The van der Waals surface area contributed by atoms with Crippen molar-refractivity contribution in [2.75, 3.05) is 53.1 Å². The van der Waals surface area contributed by atoms with Gasteiger partial charge >= 0.3 is 0 Å². The summed E-state index contributed by atoms with van der Waals surface area (Å²) < 4.78 is 17.4. The van der Waals surface area contributed by atoms with Crippen LogP contribution in [0.15, 0.2) is 4.99 Å². The molecule has 3 fully saturated rings. The van der Waals surface area contributed by atoms with Gasteiger partial charge in [-0.3, -0.25) is 4.99 Å². The lowest BCUT2D eigenvalue weighted by Gasteiger charge is -2.35. The molecule has 0 bridgehead atoms. The average Bonchev–Trinajstić information content (AvgIpc) is 3.24. The van der Waals surface area contributed by atoms with Gasteiger partial charge in [0.25, 0.3) is 0 Å². The Morgan fingerprint density at radius 2 is 1.90 bits per heavy atom. The predicted molar refractivity (Wildman–Crippen MR) is 133 cm³/mol. The summed E-state index contributed by atoms with van der Waals surface area (Å²) in [5, 5.41) is 3.53. The Morgan fingerprint density at radius 3 is 2.53 bits per heavy atom. The predicted octanol–water partition coefficient (Wildman–Crippen LogP) is 4.22. The van der Waals surface area contributed by atoms with Crippen LogP contribution in [0.1, 0.15) is 71.1 Å². The molecule has 176 valence electrons. The quantitative estimate of drug-likeness (QED) is 0.271. The first kappa shape index (κ1) is 26.1. The van der Waals surface area contributed by atoms with E-state index in [1.165, 1.54) is 38.5 Å². The number of nitrogens with one attached hydrogen (secondary N) is 1. The Bertz CT molecular complexity index is 486. The van der Waals surface area contributed by atoms with E-state index in [9.17, 15) is 0 Å². The molecule has 1 N–H and O–H groups in total. The molecule has 2 heterocycles. The zero-order valence-electron chi connectivity index (χ0n) is 19.2. The topological polar surface area (TPSA) is 55.3 Å². The molecule has 1 aliphatic carbocycles. The van der Waals surface area contributed by atoms with Crippen molar-refractivity contribution in [2.45, 2.75) is 83.3 Å². The van der Waals surface area contributed by atoms with Crippen LogP contribution in [0.5, 0.6) is 0 Å². The molecule has 1 unspecified atom stereocenters. The minimum absolute atomic E-state index is 0. The van der Waals surface area contributed by atoms with Gasteiger partial charge in [0.05, 0.1) is 18.8 Å². The summed E-state index contributed by atoms with van der Waals surface area (Å²) in [6.45, 7) is 8.56. The fourth-order valence-electron chi connectivity index (χ4n) is 5.02. The van der Waals surface area contributed by atoms with Crippen LogP contribution in [0.4, 0.5) is 0 Å². The number of rotatable bonds is 9. The van der Waals surface area contributed by atoms with E-state index in [2.05, 4.69) is 17.1 Å². The number of hydrogen-bond donors (Lipinski definition) is 1. The molecule has 3 rings (SSSR count). The maximum absolute atomic E-state index is 6.19. The van der Waals surface area contributed by atoms with Gasteiger partial charge in [-0.1, -0.05) is 12.8 Å². The molecule has 3 aliphatic rings. The molecule has 0 aromatic rings. The summed E-state index contributed by atoms with van der Waals surface area (Å²) in [6, 6.07) is 0. The van der Waals surface area contributed by atoms with Gasteiger partial charge in [0, 0.05) is 46.5 Å². The molecule has 0 amide bonds. The third-order valence-electron chi connectivity index (χ3n) is 6.93. The third-order valence-corrected chi connectivity index (χ3v) is 6.93. The van der Waals surface area contributed by atoms with Crippen molar-refractivity contribution in [3.8, 4) is 0 Å². The highest BCUT2D eigenvalue weighted by molar-refractivity contribution is 14.0. The lowest BCUT2D eigenvalue weighted by molar-refractivity contribution is -0.0721. The van der Waals surface area contributed by atoms with Gasteiger partial charge in [0.15, 0.2) is 5.96 Å². The van der Waals surface area contributed by atoms with E-state index in [-0.39, 0.29) is 24.0 Å². The Labute approximate surface area is 200 Å². The first-order valence-electron chi connectivity index (χ1n) is 12.0. The van der Waals surface area contributed by atoms with Crippen molar-refractivity contribution < 1.29 is 14.2 Å². The summed E-state index contributed by atoms with van der Waals surface area (Å²) in [4.78, 5) is 7.53. The fourth-order valence-corrected chi connectivity index (χ4v) is 5.02. The van der Waals surface area contributed by atoms with Crippen LogP contribution in [0.2, 0.25) is 0 Å². The Balaban J connectivity index is 0.00000320. The van der Waals surface area contributed by atoms with E-state index >= 15 is 0 Å². The molecule has 7 heteroatoms. The van der Waals surface area contributed by atoms with Crippen LogP contribution in [0, 0.1) is 5.41 Å². The number of hydrogen-bond acceptors (Lipinski definition) is 4. The minimum Gasteiger partial charge on any atom is -0.385 e. The van der Waals surface area contributed by atoms with Crippen molar-refractivity contribution >= 4 is 29.9 Å². The number of aliphatic imine (C=N–C) groups is 1. The average molecular weight is 538 g/mol. The summed E-state index contributed by atoms with van der Waals surface area (Å²) in [5.41, 5.74) is 0.345. The van der Waals surface area contributed by atoms with Crippen LogP contribution < -0.4 is 5.32 Å². The second kappa shape index (κ2) is 14.1. The number of methoxy groups -OCH3 is 1. The number of guanidine groups is 1. The maximum Gasteiger partial charge on any atom is 0.193 e. The van der Waals surface area contributed by atoms with Crippen molar-refractivity contribution in [3.05, 3.63) is 0 Å². The lowest BCUT2D eigenvalue weighted by atomic mass is 9.83. The van der Waals surface area contributed by atoms with Crippen molar-refractivity contribution in [2.24, 2.45) is 10.4 Å². The second-order valence-electron chi connectivity index (χ2n) is 9.13. The van der Waals surface area contributed by atoms with Crippen LogP contribution in [0.25, 0.3) is 0 Å². The first-order valence-corrected chi connectivity index (χ1v) is 12.0. The Kier molecular flexibility index (Phi) is 12.3. The largest absolute Gasteiger partial charge is 0.385 e. The number of likely N-dealkylation sites (tertiary alicyclic amines) is 1. The van der Waals surface area contributed by atoms with Gasteiger partial charge in [-0.15, -0.1) is 24.0 Å². The standard InChI is InChI=1S/C23H43N3O3.HI/c1-3-24-22(25-19-23(13-17-27-2)11-5-6-12-23)26-14-9-20(10-15-26)29-18-21-8-4-7-16-28-21;/h20-21H,3-19H2,1-2H3,(H,24,25);1H.